The van der Waals surface area contributed by atoms with Gasteiger partial charge < -0.3 is 10.1 Å². The van der Waals surface area contributed by atoms with Gasteiger partial charge in [0.25, 0.3) is 5.91 Å². The molecule has 0 saturated heterocycles. The van der Waals surface area contributed by atoms with Crippen LogP contribution >= 0.6 is 0 Å². The van der Waals surface area contributed by atoms with Gasteiger partial charge in [0.05, 0.1) is 6.04 Å². The van der Waals surface area contributed by atoms with Crippen molar-refractivity contribution in [1.29, 1.82) is 0 Å². The number of ether oxygens (including phenoxy) is 1. The average molecular weight is 313 g/mol. The van der Waals surface area contributed by atoms with Crippen LogP contribution < -0.4 is 10.1 Å². The first-order valence-corrected chi connectivity index (χ1v) is 7.94. The molecular formula is C19H20FNO2. The van der Waals surface area contributed by atoms with Crippen LogP contribution in [-0.4, -0.2) is 12.0 Å². The van der Waals surface area contributed by atoms with Gasteiger partial charge in [-0.2, -0.15) is 0 Å². The number of hydrogen-bond acceptors (Lipinski definition) is 2. The molecular weight excluding hydrogens is 293 g/mol. The molecule has 23 heavy (non-hydrogen) atoms. The number of hydrogen-bond donors (Lipinski definition) is 1. The van der Waals surface area contributed by atoms with Crippen LogP contribution in [-0.2, 0) is 11.2 Å². The summed E-state index contributed by atoms with van der Waals surface area (Å²) in [4.78, 5) is 12.4. The van der Waals surface area contributed by atoms with E-state index in [-0.39, 0.29) is 17.8 Å². The lowest BCUT2D eigenvalue weighted by molar-refractivity contribution is -0.128. The number of carbonyl (C=O) groups excluding carboxylic acids is 1. The predicted octanol–water partition coefficient (Wildman–Crippen LogP) is 3.79. The van der Waals surface area contributed by atoms with Crippen molar-refractivity contribution in [3.05, 3.63) is 65.5 Å². The molecule has 0 aliphatic heterocycles. The van der Waals surface area contributed by atoms with E-state index in [2.05, 4.69) is 17.4 Å². The minimum Gasteiger partial charge on any atom is -0.481 e. The topological polar surface area (TPSA) is 38.3 Å². The largest absolute Gasteiger partial charge is 0.481 e. The minimum atomic E-state index is -0.630. The van der Waals surface area contributed by atoms with Crippen LogP contribution in [0.5, 0.6) is 5.75 Å². The Labute approximate surface area is 135 Å². The lowest BCUT2D eigenvalue weighted by Crippen LogP contribution is -2.39. The Morgan fingerprint density at radius 1 is 1.22 bits per heavy atom. The highest BCUT2D eigenvalue weighted by atomic mass is 19.1. The maximum Gasteiger partial charge on any atom is 0.261 e. The molecule has 2 aromatic rings. The molecule has 0 heterocycles. The standard InChI is InChI=1S/C19H20FNO2/c1-13(23-16-11-9-15(20)10-12-16)19(22)21-18-8-4-6-14-5-2-3-7-17(14)18/h2-3,5,7,9-13,18H,4,6,8H2,1H3,(H,21,22)/t13-,18-/m1/s1. The molecule has 0 unspecified atom stereocenters. The van der Waals surface area contributed by atoms with Crippen molar-refractivity contribution >= 4 is 5.91 Å². The van der Waals surface area contributed by atoms with E-state index in [1.165, 1.54) is 35.4 Å². The molecule has 0 aromatic heterocycles. The number of fused-ring (bicyclic) bond motifs is 1. The normalized spacial score (nSPS) is 17.9. The van der Waals surface area contributed by atoms with Crippen LogP contribution in [0.4, 0.5) is 4.39 Å². The highest BCUT2D eigenvalue weighted by Crippen LogP contribution is 2.29. The third-order valence-corrected chi connectivity index (χ3v) is 4.18. The lowest BCUT2D eigenvalue weighted by atomic mass is 9.87. The fourth-order valence-electron chi connectivity index (χ4n) is 2.96. The summed E-state index contributed by atoms with van der Waals surface area (Å²) in [5.74, 6) is 0.00221. The van der Waals surface area contributed by atoms with Crippen LogP contribution in [0.2, 0.25) is 0 Å². The Morgan fingerprint density at radius 2 is 1.96 bits per heavy atom. The van der Waals surface area contributed by atoms with E-state index in [0.29, 0.717) is 5.75 Å². The van der Waals surface area contributed by atoms with Crippen LogP contribution in [0, 0.1) is 5.82 Å². The second-order valence-corrected chi connectivity index (χ2v) is 5.87. The number of rotatable bonds is 4. The van der Waals surface area contributed by atoms with E-state index in [9.17, 15) is 9.18 Å². The molecule has 0 saturated carbocycles. The maximum atomic E-state index is 12.9. The summed E-state index contributed by atoms with van der Waals surface area (Å²) in [5, 5.41) is 3.07. The predicted molar refractivity (Wildman–Crippen MR) is 86.8 cm³/mol. The molecule has 0 fully saturated rings. The lowest BCUT2D eigenvalue weighted by Gasteiger charge is -2.27. The second-order valence-electron chi connectivity index (χ2n) is 5.87. The molecule has 1 aliphatic rings. The Balaban J connectivity index is 1.64. The van der Waals surface area contributed by atoms with Gasteiger partial charge in [-0.15, -0.1) is 0 Å². The second kappa shape index (κ2) is 6.82. The highest BCUT2D eigenvalue weighted by molar-refractivity contribution is 5.81. The van der Waals surface area contributed by atoms with E-state index in [4.69, 9.17) is 4.74 Å². The minimum absolute atomic E-state index is 0.0340. The van der Waals surface area contributed by atoms with Gasteiger partial charge in [0, 0.05) is 0 Å². The monoisotopic (exact) mass is 313 g/mol. The first-order chi connectivity index (χ1) is 11.1. The van der Waals surface area contributed by atoms with Gasteiger partial charge in [0.1, 0.15) is 11.6 Å². The number of halogens is 1. The molecule has 0 radical (unpaired) electrons. The van der Waals surface area contributed by atoms with Crippen LogP contribution in [0.3, 0.4) is 0 Å². The molecule has 3 rings (SSSR count). The van der Waals surface area contributed by atoms with Gasteiger partial charge in [-0.05, 0) is 61.6 Å². The molecule has 1 amide bonds. The molecule has 2 atom stereocenters. The fourth-order valence-corrected chi connectivity index (χ4v) is 2.96. The molecule has 0 spiro atoms. The molecule has 1 N–H and O–H groups in total. The number of nitrogens with one attached hydrogen (secondary N) is 1. The Bertz CT molecular complexity index is 684. The smallest absolute Gasteiger partial charge is 0.261 e. The SMILES string of the molecule is C[C@@H](Oc1ccc(F)cc1)C(=O)N[C@@H]1CCCc2ccccc21. The summed E-state index contributed by atoms with van der Waals surface area (Å²) < 4.78 is 18.5. The molecule has 2 aromatic carbocycles. The summed E-state index contributed by atoms with van der Waals surface area (Å²) in [5.41, 5.74) is 2.50. The molecule has 1 aliphatic carbocycles. The summed E-state index contributed by atoms with van der Waals surface area (Å²) in [6.45, 7) is 1.70. The number of benzene rings is 2. The molecule has 0 bridgehead atoms. The zero-order valence-corrected chi connectivity index (χ0v) is 13.1. The third kappa shape index (κ3) is 3.70. The van der Waals surface area contributed by atoms with E-state index < -0.39 is 6.10 Å². The Morgan fingerprint density at radius 3 is 2.74 bits per heavy atom. The quantitative estimate of drug-likeness (QED) is 0.932. The van der Waals surface area contributed by atoms with Gasteiger partial charge in [-0.3, -0.25) is 4.79 Å². The summed E-state index contributed by atoms with van der Waals surface area (Å²) in [6.07, 6.45) is 2.43. The summed E-state index contributed by atoms with van der Waals surface area (Å²) >= 11 is 0. The van der Waals surface area contributed by atoms with Crippen molar-refractivity contribution < 1.29 is 13.9 Å². The number of aryl methyl sites for hydroxylation is 1. The zero-order chi connectivity index (χ0) is 16.2. The van der Waals surface area contributed by atoms with Crippen LogP contribution in [0.25, 0.3) is 0 Å². The van der Waals surface area contributed by atoms with Crippen molar-refractivity contribution in [1.82, 2.24) is 5.32 Å². The summed E-state index contributed by atoms with van der Waals surface area (Å²) in [6, 6.07) is 13.9. The highest BCUT2D eigenvalue weighted by Gasteiger charge is 2.24. The van der Waals surface area contributed by atoms with E-state index in [1.807, 2.05) is 12.1 Å². The number of carbonyl (C=O) groups is 1. The maximum absolute atomic E-state index is 12.9. The van der Waals surface area contributed by atoms with E-state index in [1.54, 1.807) is 6.92 Å². The van der Waals surface area contributed by atoms with Crippen molar-refractivity contribution in [3.8, 4) is 5.75 Å². The molecule has 3 nitrogen and oxygen atoms in total. The first kappa shape index (κ1) is 15.5. The van der Waals surface area contributed by atoms with E-state index in [0.717, 1.165) is 19.3 Å². The van der Waals surface area contributed by atoms with Crippen LogP contribution in [0.15, 0.2) is 48.5 Å². The van der Waals surface area contributed by atoms with Gasteiger partial charge in [-0.1, -0.05) is 24.3 Å². The Kier molecular flexibility index (Phi) is 4.60. The number of amides is 1. The van der Waals surface area contributed by atoms with Crippen LogP contribution in [0.1, 0.15) is 36.9 Å². The summed E-state index contributed by atoms with van der Waals surface area (Å²) in [7, 11) is 0. The van der Waals surface area contributed by atoms with E-state index >= 15 is 0 Å². The Hall–Kier alpha value is -2.36. The van der Waals surface area contributed by atoms with Gasteiger partial charge >= 0.3 is 0 Å². The third-order valence-electron chi connectivity index (χ3n) is 4.18. The van der Waals surface area contributed by atoms with Crippen molar-refractivity contribution in [2.45, 2.75) is 38.3 Å². The van der Waals surface area contributed by atoms with Gasteiger partial charge in [-0.25, -0.2) is 4.39 Å². The zero-order valence-electron chi connectivity index (χ0n) is 13.1. The average Bonchev–Trinajstić information content (AvgIpc) is 2.57. The van der Waals surface area contributed by atoms with Gasteiger partial charge in [0.15, 0.2) is 6.10 Å². The molecule has 4 heteroatoms. The van der Waals surface area contributed by atoms with Crippen molar-refractivity contribution in [2.24, 2.45) is 0 Å². The fraction of sp³-hybridized carbons (Fsp3) is 0.316. The van der Waals surface area contributed by atoms with Crippen molar-refractivity contribution in [2.75, 3.05) is 0 Å². The molecule has 120 valence electrons. The van der Waals surface area contributed by atoms with Crippen molar-refractivity contribution in [3.63, 3.8) is 0 Å². The van der Waals surface area contributed by atoms with Gasteiger partial charge in [0.2, 0.25) is 0 Å². The first-order valence-electron chi connectivity index (χ1n) is 7.94.